The maximum Gasteiger partial charge on any atom is 0.416 e. The standard InChI is InChI=1S/C26H32BrNO7/c1-16(2)21-15-33-26(32)28(21)25(31)19(13-18-9-5-4-6-10-18)24(34-17(3)30)23-14-20(27)22(35-23)11-7-8-12-29/h4-6,9-10,14,16,19,21,24,29H,7-8,11-13,15H2,1-3H3/t19-,21-,24+/m0/s1. The molecule has 0 spiro atoms. The van der Waals surface area contributed by atoms with Crippen molar-refractivity contribution in [3.63, 3.8) is 0 Å². The average Bonchev–Trinajstić information content (AvgIpc) is 3.39. The zero-order valence-corrected chi connectivity index (χ0v) is 21.8. The van der Waals surface area contributed by atoms with Gasteiger partial charge in [0.2, 0.25) is 5.91 Å². The van der Waals surface area contributed by atoms with Crippen LogP contribution in [0.3, 0.4) is 0 Å². The van der Waals surface area contributed by atoms with Crippen LogP contribution in [0.1, 0.15) is 56.8 Å². The van der Waals surface area contributed by atoms with Gasteiger partial charge in [-0.1, -0.05) is 44.2 Å². The van der Waals surface area contributed by atoms with Crippen LogP contribution in [0, 0.1) is 11.8 Å². The number of hydrogen-bond donors (Lipinski definition) is 1. The van der Waals surface area contributed by atoms with Crippen LogP contribution < -0.4 is 0 Å². The van der Waals surface area contributed by atoms with E-state index >= 15 is 0 Å². The number of esters is 1. The van der Waals surface area contributed by atoms with Crippen LogP contribution in [0.15, 0.2) is 45.3 Å². The Labute approximate surface area is 213 Å². The molecule has 2 heterocycles. The summed E-state index contributed by atoms with van der Waals surface area (Å²) < 4.78 is 17.6. The third-order valence-electron chi connectivity index (χ3n) is 6.06. The molecule has 0 aliphatic carbocycles. The van der Waals surface area contributed by atoms with Crippen LogP contribution >= 0.6 is 15.9 Å². The van der Waals surface area contributed by atoms with Gasteiger partial charge in [-0.25, -0.2) is 9.69 Å². The van der Waals surface area contributed by atoms with E-state index in [0.29, 0.717) is 35.3 Å². The summed E-state index contributed by atoms with van der Waals surface area (Å²) in [5.41, 5.74) is 0.852. The fourth-order valence-electron chi connectivity index (χ4n) is 4.20. The molecule has 1 aliphatic rings. The molecule has 190 valence electrons. The monoisotopic (exact) mass is 549 g/mol. The number of carbonyl (C=O) groups excluding carboxylic acids is 3. The number of imide groups is 1. The normalized spacial score (nSPS) is 17.4. The Kier molecular flexibility index (Phi) is 9.51. The molecular weight excluding hydrogens is 518 g/mol. The van der Waals surface area contributed by atoms with Gasteiger partial charge in [0.15, 0.2) is 6.10 Å². The van der Waals surface area contributed by atoms with Crippen molar-refractivity contribution < 1.29 is 33.4 Å². The number of rotatable bonds is 11. The molecular formula is C26H32BrNO7. The van der Waals surface area contributed by atoms with E-state index in [4.69, 9.17) is 19.0 Å². The number of aliphatic hydroxyl groups excluding tert-OH is 1. The minimum absolute atomic E-state index is 0.00849. The maximum atomic E-state index is 13.9. The lowest BCUT2D eigenvalue weighted by molar-refractivity contribution is -0.155. The molecule has 35 heavy (non-hydrogen) atoms. The lowest BCUT2D eigenvalue weighted by Gasteiger charge is -2.30. The summed E-state index contributed by atoms with van der Waals surface area (Å²) in [4.78, 5) is 39.8. The Balaban J connectivity index is 2.02. The van der Waals surface area contributed by atoms with Gasteiger partial charge >= 0.3 is 12.1 Å². The van der Waals surface area contributed by atoms with Gasteiger partial charge in [0.25, 0.3) is 0 Å². The van der Waals surface area contributed by atoms with E-state index in [0.717, 1.165) is 10.5 Å². The van der Waals surface area contributed by atoms with Crippen molar-refractivity contribution in [2.75, 3.05) is 13.2 Å². The van der Waals surface area contributed by atoms with Gasteiger partial charge in [-0.2, -0.15) is 0 Å². The first kappa shape index (κ1) is 26.9. The van der Waals surface area contributed by atoms with Crippen LogP contribution in [0.5, 0.6) is 0 Å². The number of carbonyl (C=O) groups is 3. The first-order valence-electron chi connectivity index (χ1n) is 11.8. The predicted molar refractivity (Wildman–Crippen MR) is 131 cm³/mol. The minimum Gasteiger partial charge on any atom is -0.461 e. The molecule has 1 aromatic carbocycles. The predicted octanol–water partition coefficient (Wildman–Crippen LogP) is 4.82. The second-order valence-corrected chi connectivity index (χ2v) is 9.88. The lowest BCUT2D eigenvalue weighted by atomic mass is 9.90. The molecule has 2 aromatic rings. The van der Waals surface area contributed by atoms with Gasteiger partial charge in [0, 0.05) is 20.0 Å². The van der Waals surface area contributed by atoms with Crippen molar-refractivity contribution in [3.05, 3.63) is 58.0 Å². The third-order valence-corrected chi connectivity index (χ3v) is 6.73. The van der Waals surface area contributed by atoms with Gasteiger partial charge < -0.3 is 19.0 Å². The molecule has 0 unspecified atom stereocenters. The molecule has 1 saturated heterocycles. The SMILES string of the molecule is CC(=O)O[C@@H](c1cc(Br)c(CCCCO)o1)[C@H](Cc1ccccc1)C(=O)N1C(=O)OC[C@H]1C(C)C. The number of halogens is 1. The zero-order valence-electron chi connectivity index (χ0n) is 20.2. The topological polar surface area (TPSA) is 106 Å². The summed E-state index contributed by atoms with van der Waals surface area (Å²) in [5, 5.41) is 9.09. The smallest absolute Gasteiger partial charge is 0.416 e. The average molecular weight is 550 g/mol. The fourth-order valence-corrected chi connectivity index (χ4v) is 4.71. The van der Waals surface area contributed by atoms with Crippen LogP contribution in [-0.2, 0) is 31.9 Å². The number of ether oxygens (including phenoxy) is 2. The zero-order chi connectivity index (χ0) is 25.5. The van der Waals surface area contributed by atoms with Gasteiger partial charge in [-0.15, -0.1) is 0 Å². The number of nitrogens with zero attached hydrogens (tertiary/aromatic N) is 1. The Hall–Kier alpha value is -2.65. The first-order chi connectivity index (χ1) is 16.7. The van der Waals surface area contributed by atoms with E-state index in [1.54, 1.807) is 6.07 Å². The number of benzene rings is 1. The van der Waals surface area contributed by atoms with E-state index in [2.05, 4.69) is 15.9 Å². The van der Waals surface area contributed by atoms with Crippen LogP contribution in [0.25, 0.3) is 0 Å². The number of hydrogen-bond acceptors (Lipinski definition) is 7. The molecule has 3 rings (SSSR count). The molecule has 1 aliphatic heterocycles. The molecule has 1 fully saturated rings. The summed E-state index contributed by atoms with van der Waals surface area (Å²) in [6, 6.07) is 10.7. The van der Waals surface area contributed by atoms with Crippen LogP contribution in [-0.4, -0.2) is 47.2 Å². The van der Waals surface area contributed by atoms with Crippen LogP contribution in [0.2, 0.25) is 0 Å². The van der Waals surface area contributed by atoms with Crippen molar-refractivity contribution in [2.24, 2.45) is 11.8 Å². The molecule has 8 nitrogen and oxygen atoms in total. The van der Waals surface area contributed by atoms with E-state index in [1.807, 2.05) is 44.2 Å². The molecule has 0 radical (unpaired) electrons. The van der Waals surface area contributed by atoms with Gasteiger partial charge in [-0.05, 0) is 52.7 Å². The number of unbranched alkanes of at least 4 members (excludes halogenated alkanes) is 1. The fraction of sp³-hybridized carbons (Fsp3) is 0.500. The van der Waals surface area contributed by atoms with E-state index in [9.17, 15) is 14.4 Å². The lowest BCUT2D eigenvalue weighted by Crippen LogP contribution is -2.47. The second-order valence-electron chi connectivity index (χ2n) is 9.02. The number of furan rings is 1. The molecule has 3 atom stereocenters. The Morgan fingerprint density at radius 3 is 2.57 bits per heavy atom. The molecule has 1 N–H and O–H groups in total. The van der Waals surface area contributed by atoms with Crippen molar-refractivity contribution in [2.45, 2.75) is 58.6 Å². The van der Waals surface area contributed by atoms with Gasteiger partial charge in [0.1, 0.15) is 18.1 Å². The molecule has 2 amide bonds. The number of cyclic esters (lactones) is 1. The van der Waals surface area contributed by atoms with Crippen molar-refractivity contribution >= 4 is 33.9 Å². The maximum absolute atomic E-state index is 13.9. The minimum atomic E-state index is -1.05. The quantitative estimate of drug-likeness (QED) is 0.316. The highest BCUT2D eigenvalue weighted by atomic mass is 79.9. The number of aliphatic hydroxyl groups is 1. The number of aryl methyl sites for hydroxylation is 1. The summed E-state index contributed by atoms with van der Waals surface area (Å²) in [6.45, 7) is 5.33. The first-order valence-corrected chi connectivity index (χ1v) is 12.6. The molecule has 0 saturated carbocycles. The third kappa shape index (κ3) is 6.73. The summed E-state index contributed by atoms with van der Waals surface area (Å²) in [6.07, 6.45) is 0.382. The highest BCUT2D eigenvalue weighted by Crippen LogP contribution is 2.37. The molecule has 9 heteroatoms. The summed E-state index contributed by atoms with van der Waals surface area (Å²) in [7, 11) is 0. The second kappa shape index (κ2) is 12.4. The largest absolute Gasteiger partial charge is 0.461 e. The van der Waals surface area contributed by atoms with Crippen molar-refractivity contribution in [3.8, 4) is 0 Å². The molecule has 1 aromatic heterocycles. The highest BCUT2D eigenvalue weighted by molar-refractivity contribution is 9.10. The van der Waals surface area contributed by atoms with Crippen molar-refractivity contribution in [1.29, 1.82) is 0 Å². The highest BCUT2D eigenvalue weighted by Gasteiger charge is 2.46. The Morgan fingerprint density at radius 1 is 1.23 bits per heavy atom. The van der Waals surface area contributed by atoms with E-state index in [-0.39, 0.29) is 25.6 Å². The van der Waals surface area contributed by atoms with E-state index in [1.165, 1.54) is 6.92 Å². The van der Waals surface area contributed by atoms with E-state index < -0.39 is 36.0 Å². The number of amides is 2. The Bertz CT molecular complexity index is 1020. The summed E-state index contributed by atoms with van der Waals surface area (Å²) in [5.74, 6) is -1.02. The van der Waals surface area contributed by atoms with Gasteiger partial charge in [0.05, 0.1) is 16.4 Å². The summed E-state index contributed by atoms with van der Waals surface area (Å²) >= 11 is 3.50. The van der Waals surface area contributed by atoms with Crippen LogP contribution in [0.4, 0.5) is 4.79 Å². The van der Waals surface area contributed by atoms with Gasteiger partial charge in [-0.3, -0.25) is 9.59 Å². The van der Waals surface area contributed by atoms with Crippen molar-refractivity contribution in [1.82, 2.24) is 4.90 Å². The Morgan fingerprint density at radius 2 is 1.94 bits per heavy atom. The molecule has 0 bridgehead atoms.